The Labute approximate surface area is 121 Å². The fraction of sp³-hybridized carbons (Fsp3) is 0.643. The van der Waals surface area contributed by atoms with Gasteiger partial charge >= 0.3 is 0 Å². The van der Waals surface area contributed by atoms with E-state index < -0.39 is 10.0 Å². The minimum atomic E-state index is -3.43. The molecule has 0 aliphatic carbocycles. The van der Waals surface area contributed by atoms with Crippen LogP contribution in [-0.2, 0) is 10.0 Å². The van der Waals surface area contributed by atoms with Crippen LogP contribution in [0.5, 0.6) is 0 Å². The number of hydrogen-bond donors (Lipinski definition) is 1. The average Bonchev–Trinajstić information content (AvgIpc) is 2.65. The fourth-order valence-corrected chi connectivity index (χ4v) is 4.33. The summed E-state index contributed by atoms with van der Waals surface area (Å²) in [5.41, 5.74) is 5.58. The van der Waals surface area contributed by atoms with Gasteiger partial charge in [0.05, 0.1) is 4.90 Å². The highest BCUT2D eigenvalue weighted by Gasteiger charge is 2.27. The lowest BCUT2D eigenvalue weighted by molar-refractivity contribution is 0.400. The maximum absolute atomic E-state index is 12.6. The molecule has 6 heteroatoms. The molecular formula is C14H23N3O2S. The summed E-state index contributed by atoms with van der Waals surface area (Å²) in [6.45, 7) is 3.39. The average molecular weight is 297 g/mol. The van der Waals surface area contributed by atoms with Gasteiger partial charge in [0.25, 0.3) is 0 Å². The first-order valence-electron chi connectivity index (χ1n) is 7.25. The van der Waals surface area contributed by atoms with E-state index in [0.29, 0.717) is 19.0 Å². The maximum atomic E-state index is 12.6. The van der Waals surface area contributed by atoms with Gasteiger partial charge in [-0.2, -0.15) is 4.31 Å². The molecule has 112 valence electrons. The Morgan fingerprint density at radius 2 is 2.20 bits per heavy atom. The highest BCUT2D eigenvalue weighted by molar-refractivity contribution is 7.89. The van der Waals surface area contributed by atoms with Crippen LogP contribution in [0.3, 0.4) is 0 Å². The standard InChI is InChI=1S/C14H23N3O2S/c1-2-4-12-5-3-9-17(10-7-12)20(18,19)13-6-8-16-14(15)11-13/h6,8,11-12H,2-5,7,9-10H2,1H3,(H2,15,16). The quantitative estimate of drug-likeness (QED) is 0.924. The van der Waals surface area contributed by atoms with Gasteiger partial charge in [-0.15, -0.1) is 0 Å². The van der Waals surface area contributed by atoms with Gasteiger partial charge in [0.2, 0.25) is 10.0 Å². The molecule has 20 heavy (non-hydrogen) atoms. The highest BCUT2D eigenvalue weighted by atomic mass is 32.2. The molecule has 1 aromatic heterocycles. The second-order valence-corrected chi connectivity index (χ2v) is 7.34. The number of rotatable bonds is 4. The lowest BCUT2D eigenvalue weighted by Gasteiger charge is -2.20. The van der Waals surface area contributed by atoms with E-state index >= 15 is 0 Å². The number of aromatic nitrogens is 1. The zero-order valence-electron chi connectivity index (χ0n) is 12.0. The van der Waals surface area contributed by atoms with Gasteiger partial charge in [0.1, 0.15) is 5.82 Å². The normalized spacial score (nSPS) is 21.6. The van der Waals surface area contributed by atoms with Crippen molar-refractivity contribution in [2.75, 3.05) is 18.8 Å². The molecule has 1 aliphatic rings. The summed E-state index contributed by atoms with van der Waals surface area (Å²) in [6.07, 6.45) is 6.81. The summed E-state index contributed by atoms with van der Waals surface area (Å²) in [5, 5.41) is 0. The number of pyridine rings is 1. The van der Waals surface area contributed by atoms with Crippen LogP contribution in [0.25, 0.3) is 0 Å². The van der Waals surface area contributed by atoms with Crippen LogP contribution in [0.2, 0.25) is 0 Å². The van der Waals surface area contributed by atoms with Crippen LogP contribution in [0.15, 0.2) is 23.2 Å². The Bertz CT molecular complexity index is 545. The summed E-state index contributed by atoms with van der Waals surface area (Å²) >= 11 is 0. The van der Waals surface area contributed by atoms with Crippen LogP contribution in [0, 0.1) is 5.92 Å². The minimum Gasteiger partial charge on any atom is -0.384 e. The van der Waals surface area contributed by atoms with E-state index in [-0.39, 0.29) is 10.7 Å². The molecule has 1 fully saturated rings. The summed E-state index contributed by atoms with van der Waals surface area (Å²) in [5.74, 6) is 0.896. The lowest BCUT2D eigenvalue weighted by Crippen LogP contribution is -2.32. The van der Waals surface area contributed by atoms with Gasteiger partial charge in [-0.25, -0.2) is 13.4 Å². The third-order valence-electron chi connectivity index (χ3n) is 3.89. The van der Waals surface area contributed by atoms with Gasteiger partial charge < -0.3 is 5.73 Å². The molecule has 2 N–H and O–H groups in total. The highest BCUT2D eigenvalue weighted by Crippen LogP contribution is 2.26. The number of nitrogen functional groups attached to an aromatic ring is 1. The molecule has 1 atom stereocenters. The van der Waals surface area contributed by atoms with Crippen molar-refractivity contribution in [1.29, 1.82) is 0 Å². The molecular weight excluding hydrogens is 274 g/mol. The zero-order chi connectivity index (χ0) is 14.6. The molecule has 2 heterocycles. The molecule has 1 aromatic rings. The molecule has 2 rings (SSSR count). The number of nitrogens with zero attached hydrogens (tertiary/aromatic N) is 2. The number of anilines is 1. The smallest absolute Gasteiger partial charge is 0.243 e. The largest absolute Gasteiger partial charge is 0.384 e. The van der Waals surface area contributed by atoms with E-state index in [0.717, 1.165) is 25.7 Å². The van der Waals surface area contributed by atoms with Gasteiger partial charge in [0, 0.05) is 25.4 Å². The summed E-state index contributed by atoms with van der Waals surface area (Å²) < 4.78 is 26.8. The van der Waals surface area contributed by atoms with Crippen molar-refractivity contribution in [1.82, 2.24) is 9.29 Å². The van der Waals surface area contributed by atoms with Crippen LogP contribution in [-0.4, -0.2) is 30.8 Å². The monoisotopic (exact) mass is 297 g/mol. The van der Waals surface area contributed by atoms with Crippen molar-refractivity contribution in [3.63, 3.8) is 0 Å². The molecule has 0 aromatic carbocycles. The molecule has 0 spiro atoms. The molecule has 1 saturated heterocycles. The zero-order valence-corrected chi connectivity index (χ0v) is 12.8. The van der Waals surface area contributed by atoms with Crippen molar-refractivity contribution < 1.29 is 8.42 Å². The van der Waals surface area contributed by atoms with Crippen LogP contribution >= 0.6 is 0 Å². The molecule has 0 radical (unpaired) electrons. The Balaban J connectivity index is 2.14. The first kappa shape index (κ1) is 15.3. The van der Waals surface area contributed by atoms with Crippen molar-refractivity contribution >= 4 is 15.8 Å². The Hall–Kier alpha value is -1.14. The van der Waals surface area contributed by atoms with Crippen molar-refractivity contribution in [3.05, 3.63) is 18.3 Å². The number of nitrogens with two attached hydrogens (primary N) is 1. The summed E-state index contributed by atoms with van der Waals surface area (Å²) in [6, 6.07) is 2.95. The van der Waals surface area contributed by atoms with E-state index in [4.69, 9.17) is 5.73 Å². The number of sulfonamides is 1. The summed E-state index contributed by atoms with van der Waals surface area (Å²) in [4.78, 5) is 4.10. The molecule has 5 nitrogen and oxygen atoms in total. The fourth-order valence-electron chi connectivity index (χ4n) is 2.81. The van der Waals surface area contributed by atoms with Gasteiger partial charge in [-0.3, -0.25) is 0 Å². The lowest BCUT2D eigenvalue weighted by atomic mass is 9.96. The van der Waals surface area contributed by atoms with E-state index in [1.54, 1.807) is 4.31 Å². The second-order valence-electron chi connectivity index (χ2n) is 5.41. The van der Waals surface area contributed by atoms with Crippen molar-refractivity contribution in [3.8, 4) is 0 Å². The molecule has 0 amide bonds. The Morgan fingerprint density at radius 3 is 2.90 bits per heavy atom. The summed E-state index contributed by atoms with van der Waals surface area (Å²) in [7, 11) is -3.43. The number of hydrogen-bond acceptors (Lipinski definition) is 4. The third kappa shape index (κ3) is 3.49. The molecule has 1 aliphatic heterocycles. The van der Waals surface area contributed by atoms with Crippen LogP contribution in [0.4, 0.5) is 5.82 Å². The van der Waals surface area contributed by atoms with E-state index in [1.807, 2.05) is 0 Å². The SMILES string of the molecule is CCCC1CCCN(S(=O)(=O)c2ccnc(N)c2)CC1. The Kier molecular flexibility index (Phi) is 4.99. The van der Waals surface area contributed by atoms with Crippen molar-refractivity contribution in [2.45, 2.75) is 43.9 Å². The topological polar surface area (TPSA) is 76.3 Å². The van der Waals surface area contributed by atoms with E-state index in [1.165, 1.54) is 24.8 Å². The van der Waals surface area contributed by atoms with E-state index in [2.05, 4.69) is 11.9 Å². The van der Waals surface area contributed by atoms with Crippen LogP contribution < -0.4 is 5.73 Å². The van der Waals surface area contributed by atoms with Crippen molar-refractivity contribution in [2.24, 2.45) is 5.92 Å². The molecule has 0 saturated carbocycles. The Morgan fingerprint density at radius 1 is 1.40 bits per heavy atom. The second kappa shape index (κ2) is 6.54. The first-order valence-corrected chi connectivity index (χ1v) is 8.69. The van der Waals surface area contributed by atoms with E-state index in [9.17, 15) is 8.42 Å². The van der Waals surface area contributed by atoms with Gasteiger partial charge in [0.15, 0.2) is 0 Å². The third-order valence-corrected chi connectivity index (χ3v) is 5.79. The van der Waals surface area contributed by atoms with Gasteiger partial charge in [-0.05, 0) is 31.2 Å². The minimum absolute atomic E-state index is 0.241. The molecule has 1 unspecified atom stereocenters. The first-order chi connectivity index (χ1) is 9.54. The predicted octanol–water partition coefficient (Wildman–Crippen LogP) is 2.25. The maximum Gasteiger partial charge on any atom is 0.243 e. The molecule has 0 bridgehead atoms. The van der Waals surface area contributed by atoms with Crippen LogP contribution in [0.1, 0.15) is 39.0 Å². The van der Waals surface area contributed by atoms with Gasteiger partial charge in [-0.1, -0.05) is 19.8 Å². The predicted molar refractivity (Wildman–Crippen MR) is 79.7 cm³/mol.